The Kier molecular flexibility index (Phi) is 3.60. The van der Waals surface area contributed by atoms with Gasteiger partial charge in [-0.15, -0.1) is 11.8 Å². The van der Waals surface area contributed by atoms with Crippen molar-refractivity contribution in [2.24, 2.45) is 0 Å². The highest BCUT2D eigenvalue weighted by atomic mass is 32.2. The van der Waals surface area contributed by atoms with E-state index in [1.807, 2.05) is 24.3 Å². The van der Waals surface area contributed by atoms with E-state index in [9.17, 15) is 9.18 Å². The number of carbonyl (C=O) groups excluding carboxylic acids is 1. The average Bonchev–Trinajstić information content (AvgIpc) is 2.45. The molecule has 1 aliphatic rings. The lowest BCUT2D eigenvalue weighted by Crippen LogP contribution is -2.18. The molecule has 102 valence electrons. The molecular formula is C15H13FN2OS. The number of carbonyl (C=O) groups is 1. The van der Waals surface area contributed by atoms with Gasteiger partial charge in [0.05, 0.1) is 11.4 Å². The zero-order valence-electron chi connectivity index (χ0n) is 10.7. The van der Waals surface area contributed by atoms with Gasteiger partial charge in [-0.05, 0) is 35.9 Å². The molecule has 0 aromatic heterocycles. The Morgan fingerprint density at radius 3 is 3.00 bits per heavy atom. The first kappa shape index (κ1) is 13.0. The van der Waals surface area contributed by atoms with Gasteiger partial charge in [0.2, 0.25) is 5.91 Å². The van der Waals surface area contributed by atoms with Crippen LogP contribution in [-0.4, -0.2) is 11.7 Å². The Bertz CT molecular complexity index is 660. The van der Waals surface area contributed by atoms with E-state index in [0.717, 1.165) is 21.8 Å². The minimum atomic E-state index is -0.238. The second-order valence-electron chi connectivity index (χ2n) is 4.53. The van der Waals surface area contributed by atoms with Crippen molar-refractivity contribution in [2.45, 2.75) is 11.4 Å². The molecule has 0 saturated heterocycles. The number of fused-ring (bicyclic) bond motifs is 1. The highest BCUT2D eigenvalue weighted by Gasteiger charge is 2.15. The van der Waals surface area contributed by atoms with Crippen LogP contribution in [0.3, 0.4) is 0 Å². The van der Waals surface area contributed by atoms with Crippen LogP contribution in [0.25, 0.3) is 0 Å². The van der Waals surface area contributed by atoms with E-state index in [2.05, 4.69) is 10.6 Å². The molecule has 2 N–H and O–H groups in total. The van der Waals surface area contributed by atoms with Gasteiger partial charge in [-0.1, -0.05) is 12.1 Å². The maximum absolute atomic E-state index is 13.1. The zero-order valence-corrected chi connectivity index (χ0v) is 11.5. The van der Waals surface area contributed by atoms with Crippen LogP contribution in [0.4, 0.5) is 15.8 Å². The monoisotopic (exact) mass is 288 g/mol. The van der Waals surface area contributed by atoms with Gasteiger partial charge >= 0.3 is 0 Å². The van der Waals surface area contributed by atoms with Crippen LogP contribution >= 0.6 is 11.8 Å². The predicted molar refractivity (Wildman–Crippen MR) is 79.5 cm³/mol. The maximum Gasteiger partial charge on any atom is 0.234 e. The van der Waals surface area contributed by atoms with Gasteiger partial charge in [-0.3, -0.25) is 4.79 Å². The number of thioether (sulfide) groups is 1. The van der Waals surface area contributed by atoms with E-state index in [1.54, 1.807) is 6.07 Å². The second kappa shape index (κ2) is 5.54. The summed E-state index contributed by atoms with van der Waals surface area (Å²) in [6.45, 7) is 0.539. The van der Waals surface area contributed by atoms with Gasteiger partial charge in [-0.25, -0.2) is 4.39 Å². The number of anilines is 2. The van der Waals surface area contributed by atoms with E-state index in [0.29, 0.717) is 12.3 Å². The van der Waals surface area contributed by atoms with Crippen molar-refractivity contribution in [1.29, 1.82) is 0 Å². The normalized spacial score (nSPS) is 13.6. The molecule has 0 bridgehead atoms. The Hall–Kier alpha value is -2.01. The fraction of sp³-hybridized carbons (Fsp3) is 0.133. The Balaban J connectivity index is 1.72. The molecule has 5 heteroatoms. The number of rotatable bonds is 3. The average molecular weight is 288 g/mol. The van der Waals surface area contributed by atoms with Crippen LogP contribution in [0, 0.1) is 5.82 Å². The fourth-order valence-corrected chi connectivity index (χ4v) is 2.83. The van der Waals surface area contributed by atoms with Crippen molar-refractivity contribution in [3.63, 3.8) is 0 Å². The van der Waals surface area contributed by atoms with Crippen LogP contribution < -0.4 is 10.6 Å². The van der Waals surface area contributed by atoms with Crippen molar-refractivity contribution in [2.75, 3.05) is 16.4 Å². The summed E-state index contributed by atoms with van der Waals surface area (Å²) in [5.41, 5.74) is 2.60. The first-order valence-electron chi connectivity index (χ1n) is 6.26. The van der Waals surface area contributed by atoms with E-state index in [4.69, 9.17) is 0 Å². The smallest absolute Gasteiger partial charge is 0.234 e. The van der Waals surface area contributed by atoms with Crippen LogP contribution in [0.1, 0.15) is 5.56 Å². The standard InChI is InChI=1S/C15H13FN2OS/c16-11-3-1-2-10(6-11)8-17-12-4-5-14-13(7-12)18-15(19)9-20-14/h1-7,17H,8-9H2,(H,18,19). The molecule has 0 spiro atoms. The number of halogens is 1. The molecule has 1 aliphatic heterocycles. The summed E-state index contributed by atoms with van der Waals surface area (Å²) >= 11 is 1.53. The van der Waals surface area contributed by atoms with Gasteiger partial charge in [-0.2, -0.15) is 0 Å². The number of hydrogen-bond acceptors (Lipinski definition) is 3. The quantitative estimate of drug-likeness (QED) is 0.908. The molecule has 0 atom stereocenters. The number of amides is 1. The SMILES string of the molecule is O=C1CSc2ccc(NCc3cccc(F)c3)cc2N1. The Labute approximate surface area is 120 Å². The van der Waals surface area contributed by atoms with Crippen molar-refractivity contribution >= 4 is 29.0 Å². The minimum Gasteiger partial charge on any atom is -0.381 e. The van der Waals surface area contributed by atoms with Gasteiger partial charge in [0.25, 0.3) is 0 Å². The van der Waals surface area contributed by atoms with Crippen molar-refractivity contribution in [3.05, 3.63) is 53.8 Å². The predicted octanol–water partition coefficient (Wildman–Crippen LogP) is 3.48. The first-order chi connectivity index (χ1) is 9.70. The summed E-state index contributed by atoms with van der Waals surface area (Å²) in [4.78, 5) is 12.4. The topological polar surface area (TPSA) is 41.1 Å². The number of hydrogen-bond donors (Lipinski definition) is 2. The molecule has 1 amide bonds. The molecule has 0 fully saturated rings. The Morgan fingerprint density at radius 2 is 2.15 bits per heavy atom. The van der Waals surface area contributed by atoms with Crippen molar-refractivity contribution in [1.82, 2.24) is 0 Å². The van der Waals surface area contributed by atoms with Gasteiger partial charge in [0, 0.05) is 17.1 Å². The summed E-state index contributed by atoms with van der Waals surface area (Å²) in [7, 11) is 0. The minimum absolute atomic E-state index is 0.0183. The van der Waals surface area contributed by atoms with Gasteiger partial charge < -0.3 is 10.6 Å². The van der Waals surface area contributed by atoms with E-state index < -0.39 is 0 Å². The lowest BCUT2D eigenvalue weighted by molar-refractivity contribution is -0.113. The highest BCUT2D eigenvalue weighted by molar-refractivity contribution is 8.00. The molecule has 0 saturated carbocycles. The third kappa shape index (κ3) is 2.93. The van der Waals surface area contributed by atoms with Crippen molar-refractivity contribution < 1.29 is 9.18 Å². The van der Waals surface area contributed by atoms with Crippen LogP contribution in [0.15, 0.2) is 47.4 Å². The zero-order chi connectivity index (χ0) is 13.9. The largest absolute Gasteiger partial charge is 0.381 e. The van der Waals surface area contributed by atoms with Crippen LogP contribution in [0.5, 0.6) is 0 Å². The molecule has 1 heterocycles. The van der Waals surface area contributed by atoms with E-state index >= 15 is 0 Å². The Morgan fingerprint density at radius 1 is 1.25 bits per heavy atom. The molecule has 3 nitrogen and oxygen atoms in total. The maximum atomic E-state index is 13.1. The lowest BCUT2D eigenvalue weighted by Gasteiger charge is -2.17. The molecular weight excluding hydrogens is 275 g/mol. The van der Waals surface area contributed by atoms with Gasteiger partial charge in [0.15, 0.2) is 0 Å². The summed E-state index contributed by atoms with van der Waals surface area (Å²) in [5.74, 6) is 0.242. The molecule has 2 aromatic carbocycles. The summed E-state index contributed by atoms with van der Waals surface area (Å²) < 4.78 is 13.1. The summed E-state index contributed by atoms with van der Waals surface area (Å²) in [6.07, 6.45) is 0. The molecule has 2 aromatic rings. The molecule has 20 heavy (non-hydrogen) atoms. The third-order valence-electron chi connectivity index (χ3n) is 3.00. The third-order valence-corrected chi connectivity index (χ3v) is 4.07. The fourth-order valence-electron chi connectivity index (χ4n) is 2.04. The summed E-state index contributed by atoms with van der Waals surface area (Å²) in [5, 5.41) is 6.07. The lowest BCUT2D eigenvalue weighted by atomic mass is 10.2. The number of benzene rings is 2. The summed E-state index contributed by atoms with van der Waals surface area (Å²) in [6, 6.07) is 12.3. The molecule has 0 unspecified atom stereocenters. The molecule has 0 aliphatic carbocycles. The second-order valence-corrected chi connectivity index (χ2v) is 5.55. The number of nitrogens with one attached hydrogen (secondary N) is 2. The van der Waals surface area contributed by atoms with Gasteiger partial charge in [0.1, 0.15) is 5.82 Å². The molecule has 3 rings (SSSR count). The van der Waals surface area contributed by atoms with E-state index in [1.165, 1.54) is 23.9 Å². The van der Waals surface area contributed by atoms with Crippen LogP contribution in [-0.2, 0) is 11.3 Å². The highest BCUT2D eigenvalue weighted by Crippen LogP contribution is 2.33. The van der Waals surface area contributed by atoms with Crippen molar-refractivity contribution in [3.8, 4) is 0 Å². The van der Waals surface area contributed by atoms with Crippen LogP contribution in [0.2, 0.25) is 0 Å². The molecule has 0 radical (unpaired) electrons. The van der Waals surface area contributed by atoms with E-state index in [-0.39, 0.29) is 11.7 Å². The first-order valence-corrected chi connectivity index (χ1v) is 7.24.